The summed E-state index contributed by atoms with van der Waals surface area (Å²) in [6, 6.07) is 5.67. The lowest BCUT2D eigenvalue weighted by Gasteiger charge is -2.54. The van der Waals surface area contributed by atoms with Crippen molar-refractivity contribution in [1.29, 1.82) is 0 Å². The highest BCUT2D eigenvalue weighted by molar-refractivity contribution is 5.85. The third kappa shape index (κ3) is 3.21. The molecule has 0 spiro atoms. The molecule has 1 heterocycles. The number of nitro benzene ring substituents is 1. The lowest BCUT2D eigenvalue weighted by atomic mass is 9.52. The van der Waals surface area contributed by atoms with Gasteiger partial charge in [-0.1, -0.05) is 38.5 Å². The number of nitrogens with zero attached hydrogens (tertiary/aromatic N) is 1. The smallest absolute Gasteiger partial charge is 0.412 e. The van der Waals surface area contributed by atoms with Crippen LogP contribution in [0.25, 0.3) is 0 Å². The summed E-state index contributed by atoms with van der Waals surface area (Å²) in [6.45, 7) is 9.39. The van der Waals surface area contributed by atoms with Crippen molar-refractivity contribution in [2.24, 2.45) is 16.7 Å². The van der Waals surface area contributed by atoms with E-state index in [1.54, 1.807) is 0 Å². The molecule has 3 aliphatic rings. The van der Waals surface area contributed by atoms with Crippen molar-refractivity contribution in [3.05, 3.63) is 58.2 Å². The van der Waals surface area contributed by atoms with Crippen LogP contribution in [0.3, 0.4) is 0 Å². The van der Waals surface area contributed by atoms with E-state index in [0.29, 0.717) is 12.3 Å². The number of nitrogens with one attached hydrogen (secondary N) is 1. The van der Waals surface area contributed by atoms with Gasteiger partial charge in [-0.3, -0.25) is 15.4 Å². The van der Waals surface area contributed by atoms with Gasteiger partial charge in [0.2, 0.25) is 0 Å². The minimum absolute atomic E-state index is 0.0239. The molecule has 30 heavy (non-hydrogen) atoms. The summed E-state index contributed by atoms with van der Waals surface area (Å²) in [4.78, 5) is 23.0. The first-order valence-corrected chi connectivity index (χ1v) is 10.3. The Kier molecular flexibility index (Phi) is 4.77. The number of hydrogen-bond acceptors (Lipinski definition) is 5. The molecular weight excluding hydrogens is 384 g/mol. The van der Waals surface area contributed by atoms with Gasteiger partial charge < -0.3 is 9.47 Å². The van der Waals surface area contributed by atoms with Crippen molar-refractivity contribution >= 4 is 17.5 Å². The number of nitro groups is 1. The van der Waals surface area contributed by atoms with Gasteiger partial charge in [-0.25, -0.2) is 4.79 Å². The molecule has 1 aliphatic heterocycles. The SMILES string of the molecule is CC1(C)CC=C[C@@]2(C)C1=C[C@@H](OC(=O)Nc1ccc([N+](=O)[O-])cc1)[C@@]1(C)OCC[C@H]12. The highest BCUT2D eigenvalue weighted by Gasteiger charge is 2.60. The van der Waals surface area contributed by atoms with E-state index >= 15 is 0 Å². The van der Waals surface area contributed by atoms with Crippen molar-refractivity contribution < 1.29 is 19.2 Å². The van der Waals surface area contributed by atoms with Crippen LogP contribution in [0.5, 0.6) is 0 Å². The molecule has 1 saturated heterocycles. The zero-order valence-corrected chi connectivity index (χ0v) is 17.8. The third-order valence-electron chi connectivity index (χ3n) is 7.08. The summed E-state index contributed by atoms with van der Waals surface area (Å²) < 4.78 is 12.0. The zero-order valence-electron chi connectivity index (χ0n) is 17.8. The van der Waals surface area contributed by atoms with Crippen LogP contribution >= 0.6 is 0 Å². The van der Waals surface area contributed by atoms with Crippen LogP contribution in [-0.4, -0.2) is 29.3 Å². The van der Waals surface area contributed by atoms with Gasteiger partial charge in [-0.15, -0.1) is 0 Å². The van der Waals surface area contributed by atoms with Crippen LogP contribution in [0.1, 0.15) is 40.5 Å². The van der Waals surface area contributed by atoms with Gasteiger partial charge in [0.15, 0.2) is 6.10 Å². The molecule has 7 nitrogen and oxygen atoms in total. The van der Waals surface area contributed by atoms with Crippen LogP contribution in [0.4, 0.5) is 16.2 Å². The first kappa shape index (κ1) is 20.6. The number of carbonyl (C=O) groups is 1. The van der Waals surface area contributed by atoms with E-state index in [1.165, 1.54) is 29.8 Å². The van der Waals surface area contributed by atoms with Crippen molar-refractivity contribution in [3.8, 4) is 0 Å². The Hall–Kier alpha value is -2.67. The average Bonchev–Trinajstić information content (AvgIpc) is 3.08. The van der Waals surface area contributed by atoms with E-state index in [1.807, 2.05) is 6.92 Å². The number of fused-ring (bicyclic) bond motifs is 3. The predicted octanol–water partition coefficient (Wildman–Crippen LogP) is 5.24. The molecule has 2 aliphatic carbocycles. The molecule has 1 N–H and O–H groups in total. The Bertz CT molecular complexity index is 935. The Morgan fingerprint density at radius 2 is 1.93 bits per heavy atom. The molecule has 1 amide bonds. The summed E-state index contributed by atoms with van der Waals surface area (Å²) >= 11 is 0. The lowest BCUT2D eigenvalue weighted by molar-refractivity contribution is -0.384. The molecule has 0 aromatic heterocycles. The molecule has 4 atom stereocenters. The average molecular weight is 412 g/mol. The Balaban J connectivity index is 1.59. The number of ether oxygens (including phenoxy) is 2. The molecule has 0 radical (unpaired) electrons. The highest BCUT2D eigenvalue weighted by Crippen LogP contribution is 2.60. The number of allylic oxidation sites excluding steroid dienone is 3. The first-order chi connectivity index (χ1) is 14.1. The van der Waals surface area contributed by atoms with Crippen molar-refractivity contribution in [2.75, 3.05) is 11.9 Å². The molecule has 1 aromatic carbocycles. The minimum atomic E-state index is -0.608. The fourth-order valence-electron chi connectivity index (χ4n) is 5.59. The highest BCUT2D eigenvalue weighted by atomic mass is 16.6. The monoisotopic (exact) mass is 412 g/mol. The number of benzene rings is 1. The molecule has 1 aromatic rings. The Morgan fingerprint density at radius 1 is 1.23 bits per heavy atom. The number of non-ortho nitro benzene ring substituents is 1. The maximum absolute atomic E-state index is 12.7. The summed E-state index contributed by atoms with van der Waals surface area (Å²) in [6.07, 6.45) is 7.38. The largest absolute Gasteiger partial charge is 0.439 e. The summed E-state index contributed by atoms with van der Waals surface area (Å²) in [5.74, 6) is 0.206. The van der Waals surface area contributed by atoms with Crippen LogP contribution in [-0.2, 0) is 9.47 Å². The lowest BCUT2D eigenvalue weighted by Crippen LogP contribution is -2.56. The van der Waals surface area contributed by atoms with Gasteiger partial charge in [0, 0.05) is 35.8 Å². The number of rotatable bonds is 3. The summed E-state index contributed by atoms with van der Waals surface area (Å²) in [7, 11) is 0. The van der Waals surface area contributed by atoms with Crippen molar-refractivity contribution in [2.45, 2.75) is 52.2 Å². The van der Waals surface area contributed by atoms with Gasteiger partial charge >= 0.3 is 6.09 Å². The molecule has 160 valence electrons. The quantitative estimate of drug-likeness (QED) is 0.416. The van der Waals surface area contributed by atoms with Crippen molar-refractivity contribution in [1.82, 2.24) is 0 Å². The van der Waals surface area contributed by atoms with E-state index in [4.69, 9.17) is 9.47 Å². The van der Waals surface area contributed by atoms with Crippen LogP contribution in [0, 0.1) is 26.9 Å². The Labute approximate surface area is 176 Å². The van der Waals surface area contributed by atoms with Gasteiger partial charge in [0.05, 0.1) is 4.92 Å². The molecule has 1 fully saturated rings. The third-order valence-corrected chi connectivity index (χ3v) is 7.08. The van der Waals surface area contributed by atoms with Crippen molar-refractivity contribution in [3.63, 3.8) is 0 Å². The molecule has 0 saturated carbocycles. The number of carbonyl (C=O) groups excluding carboxylic acids is 1. The predicted molar refractivity (Wildman–Crippen MR) is 113 cm³/mol. The van der Waals surface area contributed by atoms with E-state index in [2.05, 4.69) is 44.3 Å². The van der Waals surface area contributed by atoms with Crippen LogP contribution < -0.4 is 5.32 Å². The second-order valence-electron chi connectivity index (χ2n) is 9.48. The van der Waals surface area contributed by atoms with Crippen LogP contribution in [0.2, 0.25) is 0 Å². The molecular formula is C23H28N2O5. The van der Waals surface area contributed by atoms with E-state index < -0.39 is 22.7 Å². The fraction of sp³-hybridized carbons (Fsp3) is 0.522. The summed E-state index contributed by atoms with van der Waals surface area (Å²) in [5, 5.41) is 13.5. The van der Waals surface area contributed by atoms with Gasteiger partial charge in [0.1, 0.15) is 5.60 Å². The number of amides is 1. The van der Waals surface area contributed by atoms with Gasteiger partial charge in [-0.2, -0.15) is 0 Å². The van der Waals surface area contributed by atoms with E-state index in [-0.39, 0.29) is 22.4 Å². The normalized spacial score (nSPS) is 33.8. The standard InChI is InChI=1S/C23H28N2O5/c1-21(2)11-5-12-22(3)17-10-13-29-23(17,4)19(14-18(21)22)30-20(26)24-15-6-8-16(9-7-15)25(27)28/h5-9,12,14,17,19H,10-11,13H2,1-4H3,(H,24,26)/t17-,19+,22+,23-/m0/s1. The summed E-state index contributed by atoms with van der Waals surface area (Å²) in [5.41, 5.74) is 0.939. The topological polar surface area (TPSA) is 90.7 Å². The van der Waals surface area contributed by atoms with E-state index in [0.717, 1.165) is 12.8 Å². The zero-order chi connectivity index (χ0) is 21.7. The molecule has 0 bridgehead atoms. The molecule has 4 rings (SSSR count). The number of anilines is 1. The first-order valence-electron chi connectivity index (χ1n) is 10.3. The molecule has 7 heteroatoms. The van der Waals surface area contributed by atoms with Crippen LogP contribution in [0.15, 0.2) is 48.1 Å². The fourth-order valence-corrected chi connectivity index (χ4v) is 5.59. The second kappa shape index (κ2) is 6.94. The maximum Gasteiger partial charge on any atom is 0.412 e. The minimum Gasteiger partial charge on any atom is -0.439 e. The Morgan fingerprint density at radius 3 is 2.60 bits per heavy atom. The number of hydrogen-bond donors (Lipinski definition) is 1. The maximum atomic E-state index is 12.7. The van der Waals surface area contributed by atoms with E-state index in [9.17, 15) is 14.9 Å². The van der Waals surface area contributed by atoms with Gasteiger partial charge in [0.25, 0.3) is 5.69 Å². The van der Waals surface area contributed by atoms with Gasteiger partial charge in [-0.05, 0) is 43.4 Å². The second-order valence-corrected chi connectivity index (χ2v) is 9.48. The molecule has 0 unspecified atom stereocenters.